The summed E-state index contributed by atoms with van der Waals surface area (Å²) in [6.07, 6.45) is 3.62. The molecule has 64 valence electrons. The minimum absolute atomic E-state index is 0.440. The summed E-state index contributed by atoms with van der Waals surface area (Å²) in [7, 11) is 0. The van der Waals surface area contributed by atoms with E-state index < -0.39 is 0 Å². The van der Waals surface area contributed by atoms with Gasteiger partial charge in [0.05, 0.1) is 0 Å². The maximum atomic E-state index is 5.82. The predicted molar refractivity (Wildman–Crippen MR) is 49.3 cm³/mol. The molecule has 1 aliphatic rings. The van der Waals surface area contributed by atoms with Crippen LogP contribution in [0.3, 0.4) is 0 Å². The molecule has 0 bridgehead atoms. The van der Waals surface area contributed by atoms with Crippen molar-refractivity contribution in [3.8, 4) is 0 Å². The highest BCUT2D eigenvalue weighted by atomic mass is 14.6. The molecule has 0 heterocycles. The fourth-order valence-corrected chi connectivity index (χ4v) is 1.82. The average molecular weight is 153 g/mol. The SMILES string of the molecule is C=C(C(C)C)[C@@H]1CC[C@@H](N)C1. The summed E-state index contributed by atoms with van der Waals surface area (Å²) in [4.78, 5) is 0. The van der Waals surface area contributed by atoms with Gasteiger partial charge in [0.15, 0.2) is 0 Å². The van der Waals surface area contributed by atoms with Crippen molar-refractivity contribution in [1.29, 1.82) is 0 Å². The second kappa shape index (κ2) is 3.40. The third-order valence-electron chi connectivity index (χ3n) is 2.74. The summed E-state index contributed by atoms with van der Waals surface area (Å²) in [5.74, 6) is 1.34. The van der Waals surface area contributed by atoms with Crippen LogP contribution >= 0.6 is 0 Å². The number of hydrogen-bond donors (Lipinski definition) is 1. The molecule has 11 heavy (non-hydrogen) atoms. The summed E-state index contributed by atoms with van der Waals surface area (Å²) in [6.45, 7) is 8.54. The van der Waals surface area contributed by atoms with Crippen LogP contribution in [0.5, 0.6) is 0 Å². The highest BCUT2D eigenvalue weighted by Gasteiger charge is 2.24. The Kier molecular flexibility index (Phi) is 2.72. The lowest BCUT2D eigenvalue weighted by Crippen LogP contribution is -2.15. The van der Waals surface area contributed by atoms with Gasteiger partial charge in [-0.05, 0) is 31.1 Å². The van der Waals surface area contributed by atoms with Crippen LogP contribution in [0.2, 0.25) is 0 Å². The molecule has 1 nitrogen and oxygen atoms in total. The van der Waals surface area contributed by atoms with E-state index in [2.05, 4.69) is 20.4 Å². The van der Waals surface area contributed by atoms with Crippen LogP contribution in [0.4, 0.5) is 0 Å². The standard InChI is InChI=1S/C10H19N/c1-7(2)8(3)9-4-5-10(11)6-9/h7,9-10H,3-6,11H2,1-2H3/t9-,10-/m1/s1. The molecule has 1 rings (SSSR count). The molecule has 0 aromatic carbocycles. The Morgan fingerprint density at radius 1 is 1.45 bits per heavy atom. The van der Waals surface area contributed by atoms with Crippen molar-refractivity contribution in [3.05, 3.63) is 12.2 Å². The van der Waals surface area contributed by atoms with Crippen molar-refractivity contribution in [1.82, 2.24) is 0 Å². The first-order valence-electron chi connectivity index (χ1n) is 4.55. The van der Waals surface area contributed by atoms with Gasteiger partial charge < -0.3 is 5.73 Å². The van der Waals surface area contributed by atoms with Gasteiger partial charge in [0, 0.05) is 6.04 Å². The van der Waals surface area contributed by atoms with Crippen molar-refractivity contribution in [2.75, 3.05) is 0 Å². The topological polar surface area (TPSA) is 26.0 Å². The van der Waals surface area contributed by atoms with Crippen LogP contribution in [0, 0.1) is 11.8 Å². The molecule has 0 spiro atoms. The third-order valence-corrected chi connectivity index (χ3v) is 2.74. The Hall–Kier alpha value is -0.300. The molecule has 0 amide bonds. The van der Waals surface area contributed by atoms with Gasteiger partial charge in [0.25, 0.3) is 0 Å². The van der Waals surface area contributed by atoms with Crippen LogP contribution in [-0.4, -0.2) is 6.04 Å². The van der Waals surface area contributed by atoms with Gasteiger partial charge in [-0.25, -0.2) is 0 Å². The molecule has 0 radical (unpaired) electrons. The molecular weight excluding hydrogens is 134 g/mol. The fourth-order valence-electron chi connectivity index (χ4n) is 1.82. The summed E-state index contributed by atoms with van der Waals surface area (Å²) in [5.41, 5.74) is 7.22. The average Bonchev–Trinajstić information content (AvgIpc) is 2.34. The van der Waals surface area contributed by atoms with Gasteiger partial charge in [-0.2, -0.15) is 0 Å². The van der Waals surface area contributed by atoms with Gasteiger partial charge in [0.2, 0.25) is 0 Å². The minimum Gasteiger partial charge on any atom is -0.328 e. The van der Waals surface area contributed by atoms with Crippen molar-refractivity contribution in [2.45, 2.75) is 39.2 Å². The summed E-state index contributed by atoms with van der Waals surface area (Å²) in [5, 5.41) is 0. The molecule has 2 N–H and O–H groups in total. The zero-order valence-electron chi connectivity index (χ0n) is 7.64. The smallest absolute Gasteiger partial charge is 0.00447 e. The highest BCUT2D eigenvalue weighted by Crippen LogP contribution is 2.32. The highest BCUT2D eigenvalue weighted by molar-refractivity contribution is 5.06. The van der Waals surface area contributed by atoms with Crippen LogP contribution in [0.1, 0.15) is 33.1 Å². The molecule has 0 saturated heterocycles. The van der Waals surface area contributed by atoms with Crippen LogP contribution in [0.25, 0.3) is 0 Å². The van der Waals surface area contributed by atoms with Crippen molar-refractivity contribution in [2.24, 2.45) is 17.6 Å². The predicted octanol–water partition coefficient (Wildman–Crippen LogP) is 2.33. The normalized spacial score (nSPS) is 31.3. The van der Waals surface area contributed by atoms with Crippen molar-refractivity contribution >= 4 is 0 Å². The summed E-state index contributed by atoms with van der Waals surface area (Å²) in [6, 6.07) is 0.440. The second-order valence-electron chi connectivity index (χ2n) is 4.00. The van der Waals surface area contributed by atoms with Crippen molar-refractivity contribution in [3.63, 3.8) is 0 Å². The third kappa shape index (κ3) is 2.06. The summed E-state index contributed by atoms with van der Waals surface area (Å²) < 4.78 is 0. The maximum absolute atomic E-state index is 5.82. The van der Waals surface area contributed by atoms with E-state index in [-0.39, 0.29) is 0 Å². The molecule has 1 saturated carbocycles. The van der Waals surface area contributed by atoms with E-state index >= 15 is 0 Å². The van der Waals surface area contributed by atoms with Crippen LogP contribution in [-0.2, 0) is 0 Å². The van der Waals surface area contributed by atoms with Gasteiger partial charge in [-0.1, -0.05) is 26.0 Å². The first kappa shape index (κ1) is 8.79. The van der Waals surface area contributed by atoms with E-state index in [1.165, 1.54) is 18.4 Å². The quantitative estimate of drug-likeness (QED) is 0.605. The Bertz CT molecular complexity index is 149. The minimum atomic E-state index is 0.440. The molecule has 0 aromatic rings. The largest absolute Gasteiger partial charge is 0.328 e. The zero-order chi connectivity index (χ0) is 8.43. The first-order valence-corrected chi connectivity index (χ1v) is 4.55. The van der Waals surface area contributed by atoms with E-state index in [1.54, 1.807) is 0 Å². The molecular formula is C10H19N. The number of nitrogens with two attached hydrogens (primary N) is 1. The molecule has 2 atom stereocenters. The van der Waals surface area contributed by atoms with Gasteiger partial charge in [-0.3, -0.25) is 0 Å². The Morgan fingerprint density at radius 2 is 2.09 bits per heavy atom. The molecule has 0 unspecified atom stereocenters. The van der Waals surface area contributed by atoms with E-state index in [9.17, 15) is 0 Å². The monoisotopic (exact) mass is 153 g/mol. The van der Waals surface area contributed by atoms with E-state index in [1.807, 2.05) is 0 Å². The molecule has 1 heteroatoms. The second-order valence-corrected chi connectivity index (χ2v) is 4.00. The van der Waals surface area contributed by atoms with E-state index in [4.69, 9.17) is 5.73 Å². The maximum Gasteiger partial charge on any atom is 0.00447 e. The van der Waals surface area contributed by atoms with Gasteiger partial charge in [0.1, 0.15) is 0 Å². The van der Waals surface area contributed by atoms with Crippen LogP contribution in [0.15, 0.2) is 12.2 Å². The fraction of sp³-hybridized carbons (Fsp3) is 0.800. The number of hydrogen-bond acceptors (Lipinski definition) is 1. The van der Waals surface area contributed by atoms with E-state index in [0.29, 0.717) is 17.9 Å². The number of rotatable bonds is 2. The van der Waals surface area contributed by atoms with Gasteiger partial charge >= 0.3 is 0 Å². The lowest BCUT2D eigenvalue weighted by Gasteiger charge is -2.16. The molecule has 0 aliphatic heterocycles. The Balaban J connectivity index is 2.43. The van der Waals surface area contributed by atoms with Crippen LogP contribution < -0.4 is 5.73 Å². The zero-order valence-corrected chi connectivity index (χ0v) is 7.64. The van der Waals surface area contributed by atoms with Gasteiger partial charge in [-0.15, -0.1) is 0 Å². The lowest BCUT2D eigenvalue weighted by molar-refractivity contribution is 0.551. The van der Waals surface area contributed by atoms with E-state index in [0.717, 1.165) is 6.42 Å². The molecule has 1 fully saturated rings. The molecule has 1 aliphatic carbocycles. The van der Waals surface area contributed by atoms with Crippen molar-refractivity contribution < 1.29 is 0 Å². The summed E-state index contributed by atoms with van der Waals surface area (Å²) >= 11 is 0. The first-order chi connectivity index (χ1) is 5.11. The lowest BCUT2D eigenvalue weighted by atomic mass is 9.90. The Labute approximate surface area is 69.7 Å². The molecule has 0 aromatic heterocycles. The Morgan fingerprint density at radius 3 is 2.45 bits per heavy atom. The number of allylic oxidation sites excluding steroid dienone is 1.